The highest BCUT2D eigenvalue weighted by atomic mass is 19.2. The largest absolute Gasteiger partial charge is 0.397 e. The van der Waals surface area contributed by atoms with Gasteiger partial charge in [0, 0.05) is 6.54 Å². The number of rotatable bonds is 5. The van der Waals surface area contributed by atoms with Gasteiger partial charge in [0.15, 0.2) is 11.6 Å². The summed E-state index contributed by atoms with van der Waals surface area (Å²) in [5, 5.41) is 11.7. The molecular formula is C11H16F2N2O. The van der Waals surface area contributed by atoms with Crippen LogP contribution in [0.4, 0.5) is 20.2 Å². The van der Waals surface area contributed by atoms with Crippen molar-refractivity contribution < 1.29 is 13.9 Å². The summed E-state index contributed by atoms with van der Waals surface area (Å²) >= 11 is 0. The lowest BCUT2D eigenvalue weighted by Gasteiger charge is -2.11. The van der Waals surface area contributed by atoms with Gasteiger partial charge in [-0.25, -0.2) is 8.78 Å². The van der Waals surface area contributed by atoms with Gasteiger partial charge in [-0.3, -0.25) is 0 Å². The quantitative estimate of drug-likeness (QED) is 0.536. The molecule has 0 bridgehead atoms. The Bertz CT molecular complexity index is 356. The molecule has 1 unspecified atom stereocenters. The first kappa shape index (κ1) is 12.7. The highest BCUT2D eigenvalue weighted by Crippen LogP contribution is 2.24. The van der Waals surface area contributed by atoms with E-state index in [9.17, 15) is 8.78 Å². The topological polar surface area (TPSA) is 58.3 Å². The number of aliphatic hydroxyl groups excluding tert-OH is 1. The van der Waals surface area contributed by atoms with Crippen LogP contribution >= 0.6 is 0 Å². The molecule has 0 aliphatic heterocycles. The number of nitrogens with two attached hydrogens (primary N) is 1. The Balaban J connectivity index is 2.56. The molecule has 0 heterocycles. The Hall–Kier alpha value is -1.36. The molecule has 0 fully saturated rings. The van der Waals surface area contributed by atoms with E-state index in [-0.39, 0.29) is 11.4 Å². The average molecular weight is 230 g/mol. The fourth-order valence-corrected chi connectivity index (χ4v) is 1.36. The van der Waals surface area contributed by atoms with E-state index in [1.54, 1.807) is 6.92 Å². The molecule has 16 heavy (non-hydrogen) atoms. The number of anilines is 2. The number of halogens is 2. The Morgan fingerprint density at radius 2 is 2.12 bits per heavy atom. The number of benzene rings is 1. The van der Waals surface area contributed by atoms with Crippen LogP contribution < -0.4 is 11.1 Å². The van der Waals surface area contributed by atoms with E-state index in [1.807, 2.05) is 0 Å². The van der Waals surface area contributed by atoms with Crippen LogP contribution in [0.2, 0.25) is 0 Å². The van der Waals surface area contributed by atoms with Gasteiger partial charge in [-0.2, -0.15) is 0 Å². The van der Waals surface area contributed by atoms with E-state index in [0.29, 0.717) is 19.4 Å². The Morgan fingerprint density at radius 1 is 1.44 bits per heavy atom. The van der Waals surface area contributed by atoms with Crippen LogP contribution in [0.1, 0.15) is 19.8 Å². The molecule has 1 aromatic carbocycles. The minimum atomic E-state index is -0.961. The fraction of sp³-hybridized carbons (Fsp3) is 0.455. The molecule has 3 nitrogen and oxygen atoms in total. The zero-order valence-corrected chi connectivity index (χ0v) is 9.13. The summed E-state index contributed by atoms with van der Waals surface area (Å²) in [6.07, 6.45) is 0.869. The highest BCUT2D eigenvalue weighted by Gasteiger charge is 2.10. The lowest BCUT2D eigenvalue weighted by atomic mass is 10.2. The van der Waals surface area contributed by atoms with E-state index < -0.39 is 17.7 Å². The summed E-state index contributed by atoms with van der Waals surface area (Å²) < 4.78 is 26.2. The van der Waals surface area contributed by atoms with E-state index in [1.165, 1.54) is 6.07 Å². The third-order valence-corrected chi connectivity index (χ3v) is 2.23. The van der Waals surface area contributed by atoms with Gasteiger partial charge < -0.3 is 16.2 Å². The summed E-state index contributed by atoms with van der Waals surface area (Å²) in [6, 6.07) is 2.31. The molecule has 5 heteroatoms. The molecule has 1 rings (SSSR count). The van der Waals surface area contributed by atoms with Crippen LogP contribution in [0.15, 0.2) is 12.1 Å². The van der Waals surface area contributed by atoms with Crippen molar-refractivity contribution in [1.82, 2.24) is 0 Å². The first-order valence-corrected chi connectivity index (χ1v) is 5.17. The second-order valence-electron chi connectivity index (χ2n) is 3.74. The molecule has 0 spiro atoms. The van der Waals surface area contributed by atoms with Crippen molar-refractivity contribution in [2.45, 2.75) is 25.9 Å². The van der Waals surface area contributed by atoms with Gasteiger partial charge in [0.05, 0.1) is 17.5 Å². The number of hydrogen-bond acceptors (Lipinski definition) is 3. The van der Waals surface area contributed by atoms with Crippen LogP contribution in [-0.2, 0) is 0 Å². The summed E-state index contributed by atoms with van der Waals surface area (Å²) in [5.74, 6) is -1.88. The molecule has 4 N–H and O–H groups in total. The van der Waals surface area contributed by atoms with Gasteiger partial charge in [-0.15, -0.1) is 0 Å². The summed E-state index contributed by atoms with van der Waals surface area (Å²) in [6.45, 7) is 2.12. The standard InChI is InChI=1S/C11H16F2N2O/c1-7(16)3-2-6-15-11-9(14)5-4-8(12)10(11)13/h4-5,7,15-16H,2-3,6,14H2,1H3. The van der Waals surface area contributed by atoms with Crippen molar-refractivity contribution in [3.05, 3.63) is 23.8 Å². The van der Waals surface area contributed by atoms with E-state index in [0.717, 1.165) is 6.07 Å². The van der Waals surface area contributed by atoms with E-state index in [2.05, 4.69) is 5.32 Å². The van der Waals surface area contributed by atoms with Crippen LogP contribution in [0.25, 0.3) is 0 Å². The third-order valence-electron chi connectivity index (χ3n) is 2.23. The Kier molecular flexibility index (Phi) is 4.49. The zero-order chi connectivity index (χ0) is 12.1. The summed E-state index contributed by atoms with van der Waals surface area (Å²) in [5.41, 5.74) is 5.68. The van der Waals surface area contributed by atoms with Gasteiger partial charge in [-0.05, 0) is 31.9 Å². The second kappa shape index (κ2) is 5.65. The molecular weight excluding hydrogens is 214 g/mol. The van der Waals surface area contributed by atoms with Crippen molar-refractivity contribution in [2.24, 2.45) is 0 Å². The molecule has 0 amide bonds. The van der Waals surface area contributed by atoms with E-state index in [4.69, 9.17) is 10.8 Å². The maximum atomic E-state index is 13.3. The van der Waals surface area contributed by atoms with Crippen molar-refractivity contribution in [2.75, 3.05) is 17.6 Å². The van der Waals surface area contributed by atoms with Crippen molar-refractivity contribution >= 4 is 11.4 Å². The smallest absolute Gasteiger partial charge is 0.183 e. The number of nitrogens with one attached hydrogen (secondary N) is 1. The normalized spacial score (nSPS) is 12.5. The monoisotopic (exact) mass is 230 g/mol. The predicted octanol–water partition coefficient (Wildman–Crippen LogP) is 2.12. The lowest BCUT2D eigenvalue weighted by molar-refractivity contribution is 0.183. The maximum Gasteiger partial charge on any atom is 0.183 e. The zero-order valence-electron chi connectivity index (χ0n) is 9.13. The molecule has 1 atom stereocenters. The summed E-state index contributed by atoms with van der Waals surface area (Å²) in [7, 11) is 0. The Morgan fingerprint density at radius 3 is 2.75 bits per heavy atom. The molecule has 0 saturated heterocycles. The van der Waals surface area contributed by atoms with Crippen molar-refractivity contribution in [3.8, 4) is 0 Å². The second-order valence-corrected chi connectivity index (χ2v) is 3.74. The maximum absolute atomic E-state index is 13.3. The first-order chi connectivity index (χ1) is 7.52. The fourth-order valence-electron chi connectivity index (χ4n) is 1.36. The number of aliphatic hydroxyl groups is 1. The SMILES string of the molecule is CC(O)CCCNc1c(N)ccc(F)c1F. The first-order valence-electron chi connectivity index (χ1n) is 5.17. The molecule has 1 aromatic rings. The lowest BCUT2D eigenvalue weighted by Crippen LogP contribution is -2.10. The Labute approximate surface area is 93.3 Å². The average Bonchev–Trinajstić information content (AvgIpc) is 2.22. The number of hydrogen-bond donors (Lipinski definition) is 3. The van der Waals surface area contributed by atoms with Gasteiger partial charge >= 0.3 is 0 Å². The van der Waals surface area contributed by atoms with Gasteiger partial charge in [0.2, 0.25) is 0 Å². The van der Waals surface area contributed by atoms with Gasteiger partial charge in [0.1, 0.15) is 0 Å². The molecule has 0 aliphatic carbocycles. The molecule has 90 valence electrons. The van der Waals surface area contributed by atoms with Gasteiger partial charge in [0.25, 0.3) is 0 Å². The van der Waals surface area contributed by atoms with Gasteiger partial charge in [-0.1, -0.05) is 0 Å². The van der Waals surface area contributed by atoms with Crippen molar-refractivity contribution in [1.29, 1.82) is 0 Å². The molecule has 0 aliphatic rings. The van der Waals surface area contributed by atoms with Crippen LogP contribution in [-0.4, -0.2) is 17.8 Å². The van der Waals surface area contributed by atoms with Crippen LogP contribution in [0, 0.1) is 11.6 Å². The number of nitrogen functional groups attached to an aromatic ring is 1. The molecule has 0 aromatic heterocycles. The third kappa shape index (κ3) is 3.34. The minimum absolute atomic E-state index is 0.00871. The minimum Gasteiger partial charge on any atom is -0.397 e. The summed E-state index contributed by atoms with van der Waals surface area (Å²) in [4.78, 5) is 0. The van der Waals surface area contributed by atoms with Crippen molar-refractivity contribution in [3.63, 3.8) is 0 Å². The van der Waals surface area contributed by atoms with Crippen LogP contribution in [0.5, 0.6) is 0 Å². The predicted molar refractivity (Wildman–Crippen MR) is 60.2 cm³/mol. The van der Waals surface area contributed by atoms with E-state index >= 15 is 0 Å². The molecule has 0 radical (unpaired) electrons. The molecule has 0 saturated carbocycles. The van der Waals surface area contributed by atoms with Crippen LogP contribution in [0.3, 0.4) is 0 Å². The highest BCUT2D eigenvalue weighted by molar-refractivity contribution is 5.66.